The maximum Gasteiger partial charge on any atom is 0.416 e. The van der Waals surface area contributed by atoms with Crippen LogP contribution in [0.2, 0.25) is 0 Å². The van der Waals surface area contributed by atoms with Gasteiger partial charge in [-0.15, -0.1) is 0 Å². The Kier molecular flexibility index (Phi) is 8.17. The molecule has 3 aromatic rings. The van der Waals surface area contributed by atoms with Gasteiger partial charge in [-0.2, -0.15) is 36.4 Å². The van der Waals surface area contributed by atoms with Crippen LogP contribution in [0, 0.1) is 0 Å². The van der Waals surface area contributed by atoms with Gasteiger partial charge in [0.15, 0.2) is 5.17 Å². The van der Waals surface area contributed by atoms with Gasteiger partial charge in [-0.1, -0.05) is 12.1 Å². The molecule has 1 aromatic heterocycles. The van der Waals surface area contributed by atoms with Crippen LogP contribution in [-0.4, -0.2) is 63.1 Å². The number of hydrogen-bond acceptors (Lipinski definition) is 6. The van der Waals surface area contributed by atoms with Crippen molar-refractivity contribution in [3.63, 3.8) is 0 Å². The van der Waals surface area contributed by atoms with Gasteiger partial charge in [0.1, 0.15) is 0 Å². The molecule has 3 heterocycles. The summed E-state index contributed by atoms with van der Waals surface area (Å²) < 4.78 is 81.1. The summed E-state index contributed by atoms with van der Waals surface area (Å²) in [6.07, 6.45) is -4.85. The number of fused-ring (bicyclic) bond motifs is 1. The number of benzene rings is 2. The van der Waals surface area contributed by atoms with E-state index in [0.29, 0.717) is 45.7 Å². The van der Waals surface area contributed by atoms with E-state index in [4.69, 9.17) is 5.11 Å². The molecule has 2 aliphatic heterocycles. The highest BCUT2D eigenvalue weighted by atomic mass is 32.2. The van der Waals surface area contributed by atoms with E-state index in [1.807, 2.05) is 4.90 Å². The van der Waals surface area contributed by atoms with E-state index in [1.165, 1.54) is 22.6 Å². The lowest BCUT2D eigenvalue weighted by molar-refractivity contribution is -0.143. The molecule has 2 aromatic carbocycles. The Morgan fingerprint density at radius 3 is 2.63 bits per heavy atom. The molecule has 14 heteroatoms. The number of hydrogen-bond donors (Lipinski definition) is 2. The molecule has 0 unspecified atom stereocenters. The Morgan fingerprint density at radius 1 is 1.10 bits per heavy atom. The van der Waals surface area contributed by atoms with Gasteiger partial charge < -0.3 is 15.3 Å². The van der Waals surface area contributed by atoms with Crippen molar-refractivity contribution in [2.24, 2.45) is 4.99 Å². The summed E-state index contributed by atoms with van der Waals surface area (Å²) in [5.41, 5.74) is -1.94. The fraction of sp³-hybridized carbons (Fsp3) is 0.370. The highest BCUT2D eigenvalue weighted by Gasteiger charge is 2.38. The van der Waals surface area contributed by atoms with Gasteiger partial charge in [0.05, 0.1) is 40.9 Å². The van der Waals surface area contributed by atoms with Crippen LogP contribution in [0.1, 0.15) is 35.1 Å². The average molecular weight is 598 g/mol. The predicted octanol–water partition coefficient (Wildman–Crippen LogP) is 5.14. The highest BCUT2D eigenvalue weighted by molar-refractivity contribution is 8.18. The number of alkyl halides is 6. The summed E-state index contributed by atoms with van der Waals surface area (Å²) in [7, 11) is 0. The topological polar surface area (TPSA) is 82.8 Å². The highest BCUT2D eigenvalue weighted by Crippen LogP contribution is 2.38. The molecule has 7 nitrogen and oxygen atoms in total. The number of aliphatic imine (C=N–C) groups is 1. The second kappa shape index (κ2) is 11.5. The van der Waals surface area contributed by atoms with Crippen molar-refractivity contribution < 1.29 is 36.2 Å². The van der Waals surface area contributed by atoms with Crippen LogP contribution < -0.4 is 5.32 Å². The van der Waals surface area contributed by atoms with Crippen LogP contribution in [0.25, 0.3) is 17.0 Å². The quantitative estimate of drug-likeness (QED) is 0.303. The van der Waals surface area contributed by atoms with E-state index >= 15 is 0 Å². The fourth-order valence-electron chi connectivity index (χ4n) is 4.91. The summed E-state index contributed by atoms with van der Waals surface area (Å²) in [5, 5.41) is 17.7. The van der Waals surface area contributed by atoms with Crippen molar-refractivity contribution in [1.29, 1.82) is 0 Å². The maximum absolute atomic E-state index is 13.6. The Balaban J connectivity index is 1.33. The van der Waals surface area contributed by atoms with Crippen LogP contribution in [-0.2, 0) is 23.7 Å². The average Bonchev–Trinajstić information content (AvgIpc) is 3.49. The molecule has 1 fully saturated rings. The van der Waals surface area contributed by atoms with E-state index in [-0.39, 0.29) is 36.7 Å². The van der Waals surface area contributed by atoms with Crippen LogP contribution in [0.4, 0.5) is 26.3 Å². The largest absolute Gasteiger partial charge is 0.416 e. The van der Waals surface area contributed by atoms with E-state index in [0.717, 1.165) is 25.5 Å². The number of carbonyl (C=O) groups excluding carboxylic acids is 1. The first-order valence-electron chi connectivity index (χ1n) is 12.8. The minimum absolute atomic E-state index is 0.0461. The third-order valence-electron chi connectivity index (χ3n) is 6.87. The summed E-state index contributed by atoms with van der Waals surface area (Å²) >= 11 is 1.27. The second-order valence-electron chi connectivity index (χ2n) is 9.76. The number of aliphatic hydroxyl groups is 1. The summed E-state index contributed by atoms with van der Waals surface area (Å²) in [4.78, 5) is 19.3. The number of rotatable bonds is 6. The van der Waals surface area contributed by atoms with Gasteiger partial charge in [0, 0.05) is 31.1 Å². The number of piperidine rings is 1. The van der Waals surface area contributed by atoms with Gasteiger partial charge in [0.25, 0.3) is 5.91 Å². The third kappa shape index (κ3) is 6.60. The molecule has 218 valence electrons. The SMILES string of the molecule is O=C1N=C(N2CCC[C@H](NCCO)C2)SC1=Cc1ccc2c(cnn2Cc2ccc(C(F)(F)F)cc2C(F)(F)F)c1. The van der Waals surface area contributed by atoms with Crippen LogP contribution >= 0.6 is 11.8 Å². The first kappa shape index (κ1) is 29.1. The summed E-state index contributed by atoms with van der Waals surface area (Å²) in [5.74, 6) is -0.367. The number of aliphatic hydroxyl groups excluding tert-OH is 1. The van der Waals surface area contributed by atoms with Gasteiger partial charge in [-0.05, 0) is 66.1 Å². The van der Waals surface area contributed by atoms with Gasteiger partial charge in [0.2, 0.25) is 0 Å². The number of carbonyl (C=O) groups is 1. The molecular formula is C27H25F6N5O2S. The Labute approximate surface area is 234 Å². The lowest BCUT2D eigenvalue weighted by atomic mass is 10.0. The lowest BCUT2D eigenvalue weighted by Gasteiger charge is -2.33. The molecule has 0 saturated carbocycles. The number of nitrogens with zero attached hydrogens (tertiary/aromatic N) is 4. The zero-order valence-corrected chi connectivity index (χ0v) is 22.3. The molecule has 1 saturated heterocycles. The molecule has 0 spiro atoms. The number of likely N-dealkylation sites (tertiary alicyclic amines) is 1. The number of amides is 1. The first-order valence-corrected chi connectivity index (χ1v) is 13.6. The predicted molar refractivity (Wildman–Crippen MR) is 143 cm³/mol. The maximum atomic E-state index is 13.6. The Bertz CT molecular complexity index is 1510. The molecule has 1 amide bonds. The first-order chi connectivity index (χ1) is 19.4. The molecule has 5 rings (SSSR count). The fourth-order valence-corrected chi connectivity index (χ4v) is 5.86. The lowest BCUT2D eigenvalue weighted by Crippen LogP contribution is -2.47. The number of aromatic nitrogens is 2. The Morgan fingerprint density at radius 2 is 1.90 bits per heavy atom. The minimum atomic E-state index is -4.98. The zero-order chi connectivity index (χ0) is 29.4. The van der Waals surface area contributed by atoms with E-state index < -0.39 is 23.5 Å². The van der Waals surface area contributed by atoms with Crippen molar-refractivity contribution in [3.05, 3.63) is 69.8 Å². The third-order valence-corrected chi connectivity index (χ3v) is 7.92. The number of amidine groups is 1. The minimum Gasteiger partial charge on any atom is -0.395 e. The molecule has 41 heavy (non-hydrogen) atoms. The zero-order valence-electron chi connectivity index (χ0n) is 21.5. The van der Waals surface area contributed by atoms with Crippen LogP contribution in [0.5, 0.6) is 0 Å². The number of halogens is 6. The van der Waals surface area contributed by atoms with Crippen LogP contribution in [0.3, 0.4) is 0 Å². The summed E-state index contributed by atoms with van der Waals surface area (Å²) in [6.45, 7) is 1.60. The normalized spacial score (nSPS) is 19.4. The molecule has 2 aliphatic rings. The van der Waals surface area contributed by atoms with Gasteiger partial charge >= 0.3 is 12.4 Å². The molecule has 2 N–H and O–H groups in total. The monoisotopic (exact) mass is 597 g/mol. The summed E-state index contributed by atoms with van der Waals surface area (Å²) in [6, 6.07) is 6.82. The molecule has 0 bridgehead atoms. The number of thioether (sulfide) groups is 1. The number of nitrogens with one attached hydrogen (secondary N) is 1. The van der Waals surface area contributed by atoms with Crippen molar-refractivity contribution in [2.45, 2.75) is 37.8 Å². The van der Waals surface area contributed by atoms with Crippen LogP contribution in [0.15, 0.2) is 52.5 Å². The molecule has 0 radical (unpaired) electrons. The molecule has 1 atom stereocenters. The molecule has 0 aliphatic carbocycles. The van der Waals surface area contributed by atoms with E-state index in [1.54, 1.807) is 24.3 Å². The molecular weight excluding hydrogens is 572 g/mol. The second-order valence-corrected chi connectivity index (χ2v) is 10.8. The van der Waals surface area contributed by atoms with E-state index in [2.05, 4.69) is 15.4 Å². The van der Waals surface area contributed by atoms with E-state index in [9.17, 15) is 31.1 Å². The Hall–Kier alpha value is -3.36. The standard InChI is InChI=1S/C27H25F6N5O2S/c28-26(29,30)19-5-4-17(21(12-19)27(31,32)33)14-38-22-6-3-16(10-18(22)13-35-38)11-23-24(40)36-25(41-23)37-8-1-2-20(15-37)34-7-9-39/h3-6,10-13,20,34,39H,1-2,7-9,14-15H2/t20-/m0/s1. The van der Waals surface area contributed by atoms with Crippen molar-refractivity contribution in [3.8, 4) is 0 Å². The van der Waals surface area contributed by atoms with Crippen molar-refractivity contribution in [2.75, 3.05) is 26.2 Å². The van der Waals surface area contributed by atoms with Crippen molar-refractivity contribution in [1.82, 2.24) is 20.0 Å². The van der Waals surface area contributed by atoms with Crippen molar-refractivity contribution >= 4 is 39.8 Å². The van der Waals surface area contributed by atoms with Gasteiger partial charge in [-0.25, -0.2) is 0 Å². The van der Waals surface area contributed by atoms with Gasteiger partial charge in [-0.3, -0.25) is 9.48 Å². The smallest absolute Gasteiger partial charge is 0.395 e.